The highest BCUT2D eigenvalue weighted by molar-refractivity contribution is 5.98. The van der Waals surface area contributed by atoms with Crippen LogP contribution in [0.1, 0.15) is 21.5 Å². The second kappa shape index (κ2) is 7.99. The number of carbonyl (C=O) groups is 1. The van der Waals surface area contributed by atoms with E-state index in [-0.39, 0.29) is 5.56 Å². The van der Waals surface area contributed by atoms with Crippen molar-refractivity contribution in [3.05, 3.63) is 47.3 Å². The fraction of sp³-hybridized carbons (Fsp3) is 0.300. The number of rotatable bonds is 6. The number of methoxy groups -OCH3 is 1. The average molecular weight is 408 g/mol. The molecule has 0 fully saturated rings. The van der Waals surface area contributed by atoms with Crippen LogP contribution < -0.4 is 21.1 Å². The summed E-state index contributed by atoms with van der Waals surface area (Å²) in [6.07, 6.45) is 4.02. The van der Waals surface area contributed by atoms with Gasteiger partial charge in [0.1, 0.15) is 22.9 Å². The van der Waals surface area contributed by atoms with E-state index in [9.17, 15) is 4.79 Å². The van der Waals surface area contributed by atoms with E-state index >= 15 is 0 Å². The molecule has 4 rings (SSSR count). The summed E-state index contributed by atoms with van der Waals surface area (Å²) in [6.45, 7) is 1.88. The molecular formula is C20H24N8O2. The maximum Gasteiger partial charge on any atom is 0.254 e. The number of primary amides is 1. The molecule has 10 nitrogen and oxygen atoms in total. The lowest BCUT2D eigenvalue weighted by Gasteiger charge is -2.26. The molecule has 1 amide bonds. The highest BCUT2D eigenvalue weighted by Crippen LogP contribution is 2.33. The highest BCUT2D eigenvalue weighted by Gasteiger charge is 2.18. The minimum absolute atomic E-state index is 0.181. The second-order valence-corrected chi connectivity index (χ2v) is 7.22. The van der Waals surface area contributed by atoms with Gasteiger partial charge in [0.2, 0.25) is 5.95 Å². The van der Waals surface area contributed by atoms with Crippen molar-refractivity contribution < 1.29 is 9.53 Å². The Hall–Kier alpha value is -3.66. The molecule has 0 unspecified atom stereocenters. The van der Waals surface area contributed by atoms with Gasteiger partial charge in [-0.15, -0.1) is 0 Å². The van der Waals surface area contributed by atoms with Gasteiger partial charge in [-0.3, -0.25) is 9.48 Å². The molecule has 0 atom stereocenters. The summed E-state index contributed by atoms with van der Waals surface area (Å²) in [6, 6.07) is 5.88. The van der Waals surface area contributed by atoms with Gasteiger partial charge in [0, 0.05) is 32.4 Å². The zero-order valence-corrected chi connectivity index (χ0v) is 17.1. The number of aromatic nitrogens is 4. The lowest BCUT2D eigenvalue weighted by Crippen LogP contribution is -2.26. The number of likely N-dealkylation sites (N-methyl/N-ethyl adjacent to an activating group) is 1. The molecule has 1 aliphatic rings. The number of hydrogen-bond donors (Lipinski definition) is 3. The monoisotopic (exact) mass is 408 g/mol. The number of ether oxygens (including phenoxy) is 1. The molecule has 0 radical (unpaired) electrons. The van der Waals surface area contributed by atoms with Crippen LogP contribution in [0.3, 0.4) is 0 Å². The Kier molecular flexibility index (Phi) is 5.23. The van der Waals surface area contributed by atoms with Gasteiger partial charge in [-0.25, -0.2) is 4.98 Å². The molecule has 1 aliphatic heterocycles. The minimum Gasteiger partial charge on any atom is -0.495 e. The summed E-state index contributed by atoms with van der Waals surface area (Å²) in [5.41, 5.74) is 8.94. The standard InChI is InChI=1S/C20H24N8O2/c1-27-7-5-12-9-16(30-3)15(8-13(12)11-27)24-20-22-10-14(18(21)29)19(26-20)25-17-4-6-23-28(17)2/h4,6,8-10H,5,7,11H2,1-3H3,(H2,21,29)(H2,22,24,25,26). The highest BCUT2D eigenvalue weighted by atomic mass is 16.5. The van der Waals surface area contributed by atoms with Crippen molar-refractivity contribution in [2.45, 2.75) is 13.0 Å². The van der Waals surface area contributed by atoms with Crippen molar-refractivity contribution in [3.8, 4) is 5.75 Å². The number of nitrogens with zero attached hydrogens (tertiary/aromatic N) is 5. The number of aryl methyl sites for hydroxylation is 1. The van der Waals surface area contributed by atoms with E-state index in [1.165, 1.54) is 17.3 Å². The van der Waals surface area contributed by atoms with Crippen LogP contribution in [0.25, 0.3) is 0 Å². The lowest BCUT2D eigenvalue weighted by molar-refractivity contribution is 0.100. The molecule has 0 saturated carbocycles. The van der Waals surface area contributed by atoms with E-state index in [1.807, 2.05) is 0 Å². The average Bonchev–Trinajstić information content (AvgIpc) is 3.12. The molecule has 0 aliphatic carbocycles. The smallest absolute Gasteiger partial charge is 0.254 e. The van der Waals surface area contributed by atoms with E-state index in [0.717, 1.165) is 25.2 Å². The molecule has 10 heteroatoms. The molecule has 0 spiro atoms. The number of carbonyl (C=O) groups excluding carboxylic acids is 1. The molecule has 1 aromatic carbocycles. The Morgan fingerprint density at radius 1 is 1.23 bits per heavy atom. The summed E-state index contributed by atoms with van der Waals surface area (Å²) in [4.78, 5) is 22.8. The molecular weight excluding hydrogens is 384 g/mol. The zero-order chi connectivity index (χ0) is 21.3. The Labute approximate surface area is 174 Å². The van der Waals surface area contributed by atoms with Crippen molar-refractivity contribution in [2.75, 3.05) is 31.3 Å². The lowest BCUT2D eigenvalue weighted by atomic mass is 9.99. The molecule has 0 saturated heterocycles. The first kappa shape index (κ1) is 19.6. The molecule has 30 heavy (non-hydrogen) atoms. The van der Waals surface area contributed by atoms with Crippen LogP contribution in [-0.4, -0.2) is 51.3 Å². The predicted octanol–water partition coefficient (Wildman–Crippen LogP) is 1.79. The second-order valence-electron chi connectivity index (χ2n) is 7.22. The summed E-state index contributed by atoms with van der Waals surface area (Å²) < 4.78 is 7.20. The summed E-state index contributed by atoms with van der Waals surface area (Å²) in [5.74, 6) is 1.35. The van der Waals surface area contributed by atoms with Gasteiger partial charge in [-0.05, 0) is 36.7 Å². The first-order valence-electron chi connectivity index (χ1n) is 9.52. The van der Waals surface area contributed by atoms with Gasteiger partial charge >= 0.3 is 0 Å². The number of nitrogens with two attached hydrogens (primary N) is 1. The summed E-state index contributed by atoms with van der Waals surface area (Å²) in [5, 5.41) is 10.4. The first-order chi connectivity index (χ1) is 14.4. The Morgan fingerprint density at radius 3 is 2.77 bits per heavy atom. The van der Waals surface area contributed by atoms with E-state index in [0.29, 0.717) is 23.3 Å². The minimum atomic E-state index is -0.624. The van der Waals surface area contributed by atoms with Crippen LogP contribution in [0, 0.1) is 0 Å². The van der Waals surface area contributed by atoms with Gasteiger partial charge in [0.25, 0.3) is 5.91 Å². The number of benzene rings is 1. The number of nitrogens with one attached hydrogen (secondary N) is 2. The third kappa shape index (κ3) is 3.90. The molecule has 2 aromatic heterocycles. The Morgan fingerprint density at radius 2 is 2.07 bits per heavy atom. The third-order valence-corrected chi connectivity index (χ3v) is 5.09. The van der Waals surface area contributed by atoms with E-state index in [2.05, 4.69) is 49.8 Å². The van der Waals surface area contributed by atoms with E-state index < -0.39 is 5.91 Å². The summed E-state index contributed by atoms with van der Waals surface area (Å²) >= 11 is 0. The van der Waals surface area contributed by atoms with Gasteiger partial charge < -0.3 is 26.0 Å². The number of hydrogen-bond acceptors (Lipinski definition) is 8. The molecule has 0 bridgehead atoms. The summed E-state index contributed by atoms with van der Waals surface area (Å²) in [7, 11) is 5.51. The maximum atomic E-state index is 11.8. The fourth-order valence-corrected chi connectivity index (χ4v) is 3.45. The van der Waals surface area contributed by atoms with E-state index in [4.69, 9.17) is 10.5 Å². The predicted molar refractivity (Wildman–Crippen MR) is 113 cm³/mol. The molecule has 3 heterocycles. The number of fused-ring (bicyclic) bond motifs is 1. The normalized spacial score (nSPS) is 13.6. The van der Waals surface area contributed by atoms with Gasteiger partial charge in [0.15, 0.2) is 0 Å². The van der Waals surface area contributed by atoms with Crippen molar-refractivity contribution in [1.29, 1.82) is 0 Å². The number of amides is 1. The van der Waals surface area contributed by atoms with Crippen LogP contribution in [0.5, 0.6) is 5.75 Å². The molecule has 156 valence electrons. The van der Waals surface area contributed by atoms with Gasteiger partial charge in [-0.1, -0.05) is 0 Å². The van der Waals surface area contributed by atoms with E-state index in [1.54, 1.807) is 31.1 Å². The Balaban J connectivity index is 1.68. The topological polar surface area (TPSA) is 123 Å². The van der Waals surface area contributed by atoms with Crippen LogP contribution in [0.4, 0.5) is 23.3 Å². The first-order valence-corrected chi connectivity index (χ1v) is 9.52. The van der Waals surface area contributed by atoms with Gasteiger partial charge in [-0.2, -0.15) is 10.1 Å². The van der Waals surface area contributed by atoms with Crippen molar-refractivity contribution >= 4 is 29.2 Å². The van der Waals surface area contributed by atoms with Gasteiger partial charge in [0.05, 0.1) is 19.0 Å². The Bertz CT molecular complexity index is 1090. The molecule has 3 aromatic rings. The van der Waals surface area contributed by atoms with Crippen LogP contribution >= 0.6 is 0 Å². The van der Waals surface area contributed by atoms with Crippen molar-refractivity contribution in [1.82, 2.24) is 24.6 Å². The molecule has 4 N–H and O–H groups in total. The van der Waals surface area contributed by atoms with Crippen molar-refractivity contribution in [2.24, 2.45) is 12.8 Å². The van der Waals surface area contributed by atoms with Crippen molar-refractivity contribution in [3.63, 3.8) is 0 Å². The maximum absolute atomic E-state index is 11.8. The third-order valence-electron chi connectivity index (χ3n) is 5.09. The SMILES string of the molecule is COc1cc2c(cc1Nc1ncc(C(N)=O)c(Nc3ccnn3C)n1)CN(C)CC2. The zero-order valence-electron chi connectivity index (χ0n) is 17.1. The van der Waals surface area contributed by atoms with Crippen LogP contribution in [-0.2, 0) is 20.0 Å². The van der Waals surface area contributed by atoms with Crippen LogP contribution in [0.15, 0.2) is 30.6 Å². The number of anilines is 4. The quantitative estimate of drug-likeness (QED) is 0.564. The fourth-order valence-electron chi connectivity index (χ4n) is 3.45. The largest absolute Gasteiger partial charge is 0.495 e. The van der Waals surface area contributed by atoms with Crippen LogP contribution in [0.2, 0.25) is 0 Å².